The molecule has 0 aliphatic rings. The van der Waals surface area contributed by atoms with Crippen molar-refractivity contribution in [1.82, 2.24) is 9.97 Å². The number of aromatic hydroxyl groups is 2. The van der Waals surface area contributed by atoms with E-state index in [1.54, 1.807) is 24.4 Å². The fourth-order valence-electron chi connectivity index (χ4n) is 4.52. The molecule has 0 aliphatic heterocycles. The summed E-state index contributed by atoms with van der Waals surface area (Å²) < 4.78 is 0. The minimum absolute atomic E-state index is 0.131. The average molecular weight is 472 g/mol. The van der Waals surface area contributed by atoms with Crippen molar-refractivity contribution in [2.75, 3.05) is 0 Å². The number of hydrogen-bond donors (Lipinski definition) is 4. The fourth-order valence-corrected chi connectivity index (χ4v) is 4.52. The molecule has 5 aromatic carbocycles. The van der Waals surface area contributed by atoms with E-state index < -0.39 is 0 Å². The Bertz CT molecular complexity index is 1760. The van der Waals surface area contributed by atoms with Crippen molar-refractivity contribution in [1.29, 1.82) is 0 Å². The van der Waals surface area contributed by atoms with Gasteiger partial charge >= 0.3 is 5.69 Å². The first-order valence-electron chi connectivity index (χ1n) is 11.5. The molecule has 0 saturated carbocycles. The zero-order valence-electron chi connectivity index (χ0n) is 19.1. The summed E-state index contributed by atoms with van der Waals surface area (Å²) in [5.41, 5.74) is 3.60. The van der Waals surface area contributed by atoms with Gasteiger partial charge in [0.25, 0.3) is 0 Å². The summed E-state index contributed by atoms with van der Waals surface area (Å²) in [4.78, 5) is 22.2. The van der Waals surface area contributed by atoms with Gasteiger partial charge in [-0.1, -0.05) is 66.7 Å². The molecule has 6 nitrogen and oxygen atoms in total. The summed E-state index contributed by atoms with van der Waals surface area (Å²) in [6.45, 7) is 0. The molecule has 0 fully saturated rings. The number of rotatable bonds is 4. The smallest absolute Gasteiger partial charge is 0.323 e. The first-order valence-corrected chi connectivity index (χ1v) is 11.5. The summed E-state index contributed by atoms with van der Waals surface area (Å²) in [6.07, 6.45) is 5.34. The lowest BCUT2D eigenvalue weighted by atomic mass is 10.0. The van der Waals surface area contributed by atoms with Crippen molar-refractivity contribution in [2.45, 2.75) is 0 Å². The number of fused-ring (bicyclic) bond motifs is 3. The summed E-state index contributed by atoms with van der Waals surface area (Å²) in [5, 5.41) is 24.9. The number of aromatic nitrogens is 2. The van der Waals surface area contributed by atoms with E-state index in [4.69, 9.17) is 4.99 Å². The summed E-state index contributed by atoms with van der Waals surface area (Å²) in [5.74, 6) is 0.304. The van der Waals surface area contributed by atoms with Crippen LogP contribution in [0.5, 0.6) is 11.5 Å². The number of H-pyrrole nitrogens is 2. The maximum atomic E-state index is 11.9. The quantitative estimate of drug-likeness (QED) is 0.174. The standard InChI is InChI=1S/C30H21N3O3/c34-28-13-10-18-5-1-3-7-21(18)23(28)12-9-20-15-26-27(33-30(36)32-26)16-25(20)31-17-24-22-8-4-2-6-19(22)11-14-29(24)35/h1-17,34-35H,(H2,32,33,36)/b12-9+,31-17?. The van der Waals surface area contributed by atoms with Gasteiger partial charge in [-0.05, 0) is 51.9 Å². The van der Waals surface area contributed by atoms with Gasteiger partial charge in [0, 0.05) is 22.9 Å². The van der Waals surface area contributed by atoms with Crippen molar-refractivity contribution in [2.24, 2.45) is 4.99 Å². The molecule has 6 heteroatoms. The number of phenols is 2. The number of benzene rings is 5. The Kier molecular flexibility index (Phi) is 5.12. The van der Waals surface area contributed by atoms with Crippen LogP contribution >= 0.6 is 0 Å². The van der Waals surface area contributed by atoms with E-state index in [2.05, 4.69) is 9.97 Å². The Morgan fingerprint density at radius 3 is 1.94 bits per heavy atom. The highest BCUT2D eigenvalue weighted by Gasteiger charge is 2.09. The highest BCUT2D eigenvalue weighted by molar-refractivity contribution is 6.04. The molecule has 6 aromatic rings. The van der Waals surface area contributed by atoms with Crippen LogP contribution in [0, 0.1) is 0 Å². The monoisotopic (exact) mass is 471 g/mol. The SMILES string of the molecule is O=c1[nH]c2cc(/C=C/c3c(O)ccc4ccccc34)c(N=Cc3c(O)ccc4ccccc34)cc2[nH]1. The number of aliphatic imine (C=N–C) groups is 1. The van der Waals surface area contributed by atoms with Crippen molar-refractivity contribution < 1.29 is 10.2 Å². The summed E-state index contributed by atoms with van der Waals surface area (Å²) in [6, 6.07) is 26.3. The van der Waals surface area contributed by atoms with E-state index in [1.807, 2.05) is 78.9 Å². The molecule has 0 spiro atoms. The van der Waals surface area contributed by atoms with E-state index in [0.717, 1.165) is 27.1 Å². The maximum Gasteiger partial charge on any atom is 0.323 e. The van der Waals surface area contributed by atoms with E-state index in [0.29, 0.717) is 27.8 Å². The molecule has 0 unspecified atom stereocenters. The van der Waals surface area contributed by atoms with E-state index >= 15 is 0 Å². The number of phenolic OH excluding ortho intramolecular Hbond substituents is 2. The zero-order valence-corrected chi connectivity index (χ0v) is 19.1. The lowest BCUT2D eigenvalue weighted by Crippen LogP contribution is -1.99. The molecule has 0 atom stereocenters. The van der Waals surface area contributed by atoms with E-state index in [-0.39, 0.29) is 17.2 Å². The average Bonchev–Trinajstić information content (AvgIpc) is 3.26. The molecule has 0 radical (unpaired) electrons. The minimum Gasteiger partial charge on any atom is -0.507 e. The molecule has 1 heterocycles. The number of imidazole rings is 1. The first-order chi connectivity index (χ1) is 17.6. The molecule has 0 aliphatic carbocycles. The first kappa shape index (κ1) is 21.4. The number of nitrogens with zero attached hydrogens (tertiary/aromatic N) is 1. The van der Waals surface area contributed by atoms with Crippen LogP contribution in [0.3, 0.4) is 0 Å². The largest absolute Gasteiger partial charge is 0.507 e. The van der Waals surface area contributed by atoms with Gasteiger partial charge in [0.1, 0.15) is 11.5 Å². The van der Waals surface area contributed by atoms with Crippen molar-refractivity contribution >= 4 is 56.6 Å². The normalized spacial score (nSPS) is 12.0. The Hall–Kier alpha value is -5.10. The van der Waals surface area contributed by atoms with Crippen LogP contribution < -0.4 is 5.69 Å². The van der Waals surface area contributed by atoms with Gasteiger partial charge < -0.3 is 20.2 Å². The second kappa shape index (κ2) is 8.60. The molecule has 4 N–H and O–H groups in total. The second-order valence-corrected chi connectivity index (χ2v) is 8.57. The Morgan fingerprint density at radius 1 is 0.667 bits per heavy atom. The van der Waals surface area contributed by atoms with E-state index in [9.17, 15) is 15.0 Å². The predicted octanol–water partition coefficient (Wildman–Crippen LogP) is 6.49. The van der Waals surface area contributed by atoms with Gasteiger partial charge in [-0.25, -0.2) is 4.79 Å². The van der Waals surface area contributed by atoms with Gasteiger partial charge in [-0.2, -0.15) is 0 Å². The van der Waals surface area contributed by atoms with Crippen LogP contribution in [0.15, 0.2) is 94.7 Å². The van der Waals surface area contributed by atoms with Gasteiger partial charge in [0.2, 0.25) is 0 Å². The molecule has 0 amide bonds. The molecular formula is C30H21N3O3. The molecule has 6 rings (SSSR count). The highest BCUT2D eigenvalue weighted by Crippen LogP contribution is 2.32. The van der Waals surface area contributed by atoms with Crippen LogP contribution in [0.4, 0.5) is 5.69 Å². The molecule has 36 heavy (non-hydrogen) atoms. The second-order valence-electron chi connectivity index (χ2n) is 8.57. The topological polar surface area (TPSA) is 101 Å². The van der Waals surface area contributed by atoms with Gasteiger partial charge in [-0.3, -0.25) is 4.99 Å². The minimum atomic E-state index is -0.306. The maximum absolute atomic E-state index is 11.9. The van der Waals surface area contributed by atoms with Crippen molar-refractivity contribution in [3.05, 3.63) is 112 Å². The molecular weight excluding hydrogens is 450 g/mol. The van der Waals surface area contributed by atoms with Gasteiger partial charge in [0.15, 0.2) is 0 Å². The third-order valence-electron chi connectivity index (χ3n) is 6.32. The molecule has 0 saturated heterocycles. The van der Waals surface area contributed by atoms with E-state index in [1.165, 1.54) is 0 Å². The lowest BCUT2D eigenvalue weighted by molar-refractivity contribution is 0.474. The van der Waals surface area contributed by atoms with Crippen LogP contribution in [0.2, 0.25) is 0 Å². The summed E-state index contributed by atoms with van der Waals surface area (Å²) in [7, 11) is 0. The van der Waals surface area contributed by atoms with Crippen molar-refractivity contribution in [3.63, 3.8) is 0 Å². The van der Waals surface area contributed by atoms with Crippen LogP contribution in [0.25, 0.3) is 44.7 Å². The third kappa shape index (κ3) is 3.80. The predicted molar refractivity (Wildman–Crippen MR) is 146 cm³/mol. The van der Waals surface area contributed by atoms with Crippen LogP contribution in [0.1, 0.15) is 16.7 Å². The fraction of sp³-hybridized carbons (Fsp3) is 0. The Labute approximate surface area is 205 Å². The number of hydrogen-bond acceptors (Lipinski definition) is 4. The Morgan fingerprint density at radius 2 is 1.25 bits per heavy atom. The lowest BCUT2D eigenvalue weighted by Gasteiger charge is -2.07. The van der Waals surface area contributed by atoms with Gasteiger partial charge in [0.05, 0.1) is 16.7 Å². The third-order valence-corrected chi connectivity index (χ3v) is 6.32. The van der Waals surface area contributed by atoms with Crippen LogP contribution in [-0.2, 0) is 0 Å². The molecule has 1 aromatic heterocycles. The summed E-state index contributed by atoms with van der Waals surface area (Å²) >= 11 is 0. The van der Waals surface area contributed by atoms with Crippen molar-refractivity contribution in [3.8, 4) is 11.5 Å². The molecule has 174 valence electrons. The van der Waals surface area contributed by atoms with Gasteiger partial charge in [-0.15, -0.1) is 0 Å². The number of nitrogens with one attached hydrogen (secondary N) is 2. The van der Waals surface area contributed by atoms with Crippen LogP contribution in [-0.4, -0.2) is 26.4 Å². The zero-order chi connectivity index (χ0) is 24.6. The number of aromatic amines is 2. The molecule has 0 bridgehead atoms. The highest BCUT2D eigenvalue weighted by atomic mass is 16.3. The Balaban J connectivity index is 1.50.